The number of terminal acetylenes is 1. The lowest BCUT2D eigenvalue weighted by molar-refractivity contribution is 0.0954. The Kier molecular flexibility index (Phi) is 2.93. The Hall–Kier alpha value is -2.54. The van der Waals surface area contributed by atoms with E-state index in [-0.39, 0.29) is 18.1 Å². The molecule has 0 aliphatic carbocycles. The Bertz CT molecular complexity index is 614. The van der Waals surface area contributed by atoms with E-state index in [2.05, 4.69) is 16.2 Å². The predicted octanol–water partition coefficient (Wildman–Crippen LogP) is 1.18. The summed E-state index contributed by atoms with van der Waals surface area (Å²) in [6, 6.07) is 8.94. The van der Waals surface area contributed by atoms with Crippen LogP contribution in [0.3, 0.4) is 0 Å². The minimum atomic E-state index is -0.319. The van der Waals surface area contributed by atoms with E-state index in [1.807, 2.05) is 24.3 Å². The van der Waals surface area contributed by atoms with Crippen LogP contribution in [0, 0.1) is 12.3 Å². The zero-order valence-electron chi connectivity index (χ0n) is 9.10. The van der Waals surface area contributed by atoms with Crippen LogP contribution in [0.1, 0.15) is 10.5 Å². The molecular formula is C13H11N3O. The summed E-state index contributed by atoms with van der Waals surface area (Å²) in [6.45, 7) is 0.174. The van der Waals surface area contributed by atoms with Gasteiger partial charge in [-0.05, 0) is 12.1 Å². The topological polar surface area (TPSA) is 68.0 Å². The van der Waals surface area contributed by atoms with Gasteiger partial charge in [0.1, 0.15) is 5.69 Å². The Labute approximate surface area is 98.8 Å². The molecule has 0 fully saturated rings. The first-order chi connectivity index (χ1) is 8.22. The molecule has 0 aliphatic rings. The summed E-state index contributed by atoms with van der Waals surface area (Å²) in [5.41, 5.74) is 7.36. The van der Waals surface area contributed by atoms with Crippen LogP contribution in [-0.4, -0.2) is 17.4 Å². The molecule has 0 saturated carbocycles. The lowest BCUT2D eigenvalue weighted by Gasteiger charge is -2.05. The second-order valence-electron chi connectivity index (χ2n) is 3.50. The number of fused-ring (bicyclic) bond motifs is 1. The predicted molar refractivity (Wildman–Crippen MR) is 67.3 cm³/mol. The van der Waals surface area contributed by atoms with Crippen LogP contribution in [0.5, 0.6) is 0 Å². The fraction of sp³-hybridized carbons (Fsp3) is 0.0769. The Balaban J connectivity index is 2.43. The molecule has 17 heavy (non-hydrogen) atoms. The van der Waals surface area contributed by atoms with Gasteiger partial charge >= 0.3 is 0 Å². The molecule has 0 unspecified atom stereocenters. The number of carbonyl (C=O) groups is 1. The third kappa shape index (κ3) is 2.18. The van der Waals surface area contributed by atoms with Crippen molar-refractivity contribution in [3.8, 4) is 12.3 Å². The van der Waals surface area contributed by atoms with Crippen molar-refractivity contribution in [2.45, 2.75) is 0 Å². The number of aromatic nitrogens is 1. The quantitative estimate of drug-likeness (QED) is 0.754. The molecule has 84 valence electrons. The van der Waals surface area contributed by atoms with Crippen LogP contribution in [0.15, 0.2) is 30.3 Å². The number of nitrogens with two attached hydrogens (primary N) is 1. The van der Waals surface area contributed by atoms with Crippen LogP contribution in [0.2, 0.25) is 0 Å². The molecule has 0 spiro atoms. The third-order valence-corrected chi connectivity index (χ3v) is 2.33. The number of amides is 1. The number of nitrogens with one attached hydrogen (secondary N) is 1. The molecule has 3 N–H and O–H groups in total. The number of nitrogens with zero attached hydrogens (tertiary/aromatic N) is 1. The van der Waals surface area contributed by atoms with E-state index in [0.717, 1.165) is 5.39 Å². The summed E-state index contributed by atoms with van der Waals surface area (Å²) < 4.78 is 0. The van der Waals surface area contributed by atoms with Gasteiger partial charge < -0.3 is 11.1 Å². The normalized spacial score (nSPS) is 9.82. The number of nitrogen functional groups attached to an aromatic ring is 1. The van der Waals surface area contributed by atoms with Gasteiger partial charge in [0.2, 0.25) is 0 Å². The number of carbonyl (C=O) groups excluding carboxylic acids is 1. The number of anilines is 1. The van der Waals surface area contributed by atoms with Crippen LogP contribution in [0.4, 0.5) is 5.69 Å². The molecule has 2 rings (SSSR count). The summed E-state index contributed by atoms with van der Waals surface area (Å²) in [7, 11) is 0. The van der Waals surface area contributed by atoms with Crippen molar-refractivity contribution in [2.24, 2.45) is 0 Å². The minimum absolute atomic E-state index is 0.174. The smallest absolute Gasteiger partial charge is 0.270 e. The molecule has 4 heteroatoms. The summed E-state index contributed by atoms with van der Waals surface area (Å²) in [5, 5.41) is 3.38. The van der Waals surface area contributed by atoms with E-state index in [1.165, 1.54) is 0 Å². The molecule has 0 saturated heterocycles. The van der Waals surface area contributed by atoms with Crippen molar-refractivity contribution in [1.82, 2.24) is 10.3 Å². The van der Waals surface area contributed by atoms with Crippen molar-refractivity contribution in [3.05, 3.63) is 36.0 Å². The van der Waals surface area contributed by atoms with Crippen molar-refractivity contribution < 1.29 is 4.79 Å². The summed E-state index contributed by atoms with van der Waals surface area (Å²) in [4.78, 5) is 15.9. The SMILES string of the molecule is C#CCNC(=O)c1cc(N)c2ccccc2n1. The molecule has 0 bridgehead atoms. The maximum Gasteiger partial charge on any atom is 0.270 e. The standard InChI is InChI=1S/C13H11N3O/c1-2-7-15-13(17)12-8-10(14)9-5-3-4-6-11(9)16-12/h1,3-6,8H,7H2,(H2,14,16)(H,15,17). The Morgan fingerprint density at radius 2 is 2.24 bits per heavy atom. The highest BCUT2D eigenvalue weighted by Gasteiger charge is 2.09. The molecule has 1 heterocycles. The van der Waals surface area contributed by atoms with Gasteiger partial charge in [0.25, 0.3) is 5.91 Å². The van der Waals surface area contributed by atoms with E-state index in [4.69, 9.17) is 12.2 Å². The number of rotatable bonds is 2. The second kappa shape index (κ2) is 4.54. The molecule has 4 nitrogen and oxygen atoms in total. The first-order valence-electron chi connectivity index (χ1n) is 5.09. The van der Waals surface area contributed by atoms with E-state index in [0.29, 0.717) is 11.2 Å². The highest BCUT2D eigenvalue weighted by Crippen LogP contribution is 2.19. The maximum atomic E-state index is 11.7. The van der Waals surface area contributed by atoms with Crippen LogP contribution < -0.4 is 11.1 Å². The highest BCUT2D eigenvalue weighted by molar-refractivity contribution is 5.99. The number of para-hydroxylation sites is 1. The largest absolute Gasteiger partial charge is 0.398 e. The van der Waals surface area contributed by atoms with Gasteiger partial charge in [0.05, 0.1) is 12.1 Å². The molecule has 2 aromatic rings. The third-order valence-electron chi connectivity index (χ3n) is 2.33. The maximum absolute atomic E-state index is 11.7. The Morgan fingerprint density at radius 3 is 3.00 bits per heavy atom. The molecule has 0 aliphatic heterocycles. The van der Waals surface area contributed by atoms with E-state index < -0.39 is 0 Å². The van der Waals surface area contributed by atoms with Crippen LogP contribution in [0.25, 0.3) is 10.9 Å². The minimum Gasteiger partial charge on any atom is -0.398 e. The number of hydrogen-bond acceptors (Lipinski definition) is 3. The van der Waals surface area contributed by atoms with Gasteiger partial charge in [-0.25, -0.2) is 4.98 Å². The lowest BCUT2D eigenvalue weighted by atomic mass is 10.1. The lowest BCUT2D eigenvalue weighted by Crippen LogP contribution is -2.24. The van der Waals surface area contributed by atoms with Gasteiger partial charge in [-0.3, -0.25) is 4.79 Å². The zero-order valence-corrected chi connectivity index (χ0v) is 9.10. The molecule has 1 aromatic carbocycles. The number of hydrogen-bond donors (Lipinski definition) is 2. The summed E-state index contributed by atoms with van der Waals surface area (Å²) in [5.74, 6) is 2.01. The number of benzene rings is 1. The first-order valence-corrected chi connectivity index (χ1v) is 5.09. The van der Waals surface area contributed by atoms with Gasteiger partial charge in [0.15, 0.2) is 0 Å². The van der Waals surface area contributed by atoms with Gasteiger partial charge in [-0.1, -0.05) is 24.1 Å². The van der Waals surface area contributed by atoms with Crippen molar-refractivity contribution >= 4 is 22.5 Å². The average molecular weight is 225 g/mol. The fourth-order valence-corrected chi connectivity index (χ4v) is 1.54. The molecule has 1 aromatic heterocycles. The van der Waals surface area contributed by atoms with E-state index in [1.54, 1.807) is 6.07 Å². The molecular weight excluding hydrogens is 214 g/mol. The van der Waals surface area contributed by atoms with Gasteiger partial charge in [-0.15, -0.1) is 6.42 Å². The van der Waals surface area contributed by atoms with Gasteiger partial charge in [0, 0.05) is 11.1 Å². The monoisotopic (exact) mass is 225 g/mol. The van der Waals surface area contributed by atoms with Crippen LogP contribution in [-0.2, 0) is 0 Å². The van der Waals surface area contributed by atoms with E-state index >= 15 is 0 Å². The van der Waals surface area contributed by atoms with Crippen molar-refractivity contribution in [1.29, 1.82) is 0 Å². The number of pyridine rings is 1. The first kappa shape index (κ1) is 11.0. The molecule has 0 atom stereocenters. The summed E-state index contributed by atoms with van der Waals surface area (Å²) >= 11 is 0. The van der Waals surface area contributed by atoms with Gasteiger partial charge in [-0.2, -0.15) is 0 Å². The highest BCUT2D eigenvalue weighted by atomic mass is 16.1. The average Bonchev–Trinajstić information content (AvgIpc) is 2.36. The fourth-order valence-electron chi connectivity index (χ4n) is 1.54. The Morgan fingerprint density at radius 1 is 1.47 bits per heavy atom. The molecule has 1 amide bonds. The van der Waals surface area contributed by atoms with E-state index in [9.17, 15) is 4.79 Å². The molecule has 0 radical (unpaired) electrons. The summed E-state index contributed by atoms with van der Waals surface area (Å²) in [6.07, 6.45) is 5.07. The second-order valence-corrected chi connectivity index (χ2v) is 3.50. The van der Waals surface area contributed by atoms with Crippen LogP contribution >= 0.6 is 0 Å². The van der Waals surface area contributed by atoms with Crippen molar-refractivity contribution in [3.63, 3.8) is 0 Å². The van der Waals surface area contributed by atoms with Crippen molar-refractivity contribution in [2.75, 3.05) is 12.3 Å². The zero-order chi connectivity index (χ0) is 12.3.